The smallest absolute Gasteiger partial charge is 0.0979 e. The second-order valence-electron chi connectivity index (χ2n) is 3.74. The first-order chi connectivity index (χ1) is 7.19. The largest absolute Gasteiger partial charge is 0.384 e. The van der Waals surface area contributed by atoms with Gasteiger partial charge in [-0.1, -0.05) is 13.8 Å². The molecule has 0 aliphatic heterocycles. The summed E-state index contributed by atoms with van der Waals surface area (Å²) in [6.07, 6.45) is 1.97. The van der Waals surface area contributed by atoms with Gasteiger partial charge in [0.05, 0.1) is 11.6 Å². The van der Waals surface area contributed by atoms with Crippen molar-refractivity contribution in [3.63, 3.8) is 0 Å². The topological polar surface area (TPSA) is 34.2 Å². The monoisotopic (exact) mass is 228 g/mol. The normalized spacial score (nSPS) is 15.2. The molecular formula is C11H20N2OS. The molecule has 1 aromatic rings. The molecule has 0 radical (unpaired) electrons. The Morgan fingerprint density at radius 1 is 1.53 bits per heavy atom. The van der Waals surface area contributed by atoms with E-state index in [1.807, 2.05) is 6.20 Å². The Kier molecular flexibility index (Phi) is 5.22. The Bertz CT molecular complexity index is 261. The van der Waals surface area contributed by atoms with Crippen LogP contribution in [0.5, 0.6) is 0 Å². The number of thiazole rings is 1. The first kappa shape index (κ1) is 12.6. The molecule has 0 bridgehead atoms. The van der Waals surface area contributed by atoms with Crippen molar-refractivity contribution in [2.75, 3.05) is 20.3 Å². The fraction of sp³-hybridized carbons (Fsp3) is 0.727. The molecule has 86 valence electrons. The van der Waals surface area contributed by atoms with Gasteiger partial charge in [0, 0.05) is 30.1 Å². The van der Waals surface area contributed by atoms with Crippen molar-refractivity contribution in [1.29, 1.82) is 0 Å². The quantitative estimate of drug-likeness (QED) is 0.812. The minimum atomic E-state index is 0.391. The van der Waals surface area contributed by atoms with Crippen LogP contribution in [0.25, 0.3) is 0 Å². The zero-order chi connectivity index (χ0) is 11.3. The van der Waals surface area contributed by atoms with Gasteiger partial charge in [-0.15, -0.1) is 11.3 Å². The van der Waals surface area contributed by atoms with Crippen molar-refractivity contribution in [1.82, 2.24) is 10.3 Å². The van der Waals surface area contributed by atoms with E-state index in [1.54, 1.807) is 18.4 Å². The highest BCUT2D eigenvalue weighted by atomic mass is 32.1. The van der Waals surface area contributed by atoms with E-state index in [0.717, 1.165) is 18.2 Å². The van der Waals surface area contributed by atoms with E-state index in [4.69, 9.17) is 4.74 Å². The number of rotatable bonds is 6. The van der Waals surface area contributed by atoms with E-state index in [2.05, 4.69) is 31.1 Å². The van der Waals surface area contributed by atoms with Crippen LogP contribution in [-0.2, 0) is 4.74 Å². The molecular weight excluding hydrogens is 208 g/mol. The summed E-state index contributed by atoms with van der Waals surface area (Å²) in [6, 6.07) is 0.399. The predicted octanol–water partition coefficient (Wildman–Crippen LogP) is 2.56. The zero-order valence-corrected chi connectivity index (χ0v) is 10.7. The molecule has 1 heterocycles. The Hall–Kier alpha value is -0.450. The zero-order valence-electron chi connectivity index (χ0n) is 9.91. The van der Waals surface area contributed by atoms with Gasteiger partial charge in [-0.25, -0.2) is 4.98 Å². The second kappa shape index (κ2) is 6.20. The van der Waals surface area contributed by atoms with E-state index in [9.17, 15) is 0 Å². The highest BCUT2D eigenvalue weighted by Crippen LogP contribution is 2.25. The van der Waals surface area contributed by atoms with Crippen LogP contribution in [0, 0.1) is 0 Å². The molecule has 0 aliphatic rings. The van der Waals surface area contributed by atoms with Crippen LogP contribution >= 0.6 is 11.3 Å². The summed E-state index contributed by atoms with van der Waals surface area (Å²) in [7, 11) is 1.73. The Morgan fingerprint density at radius 3 is 2.87 bits per heavy atom. The number of hydrogen-bond acceptors (Lipinski definition) is 4. The van der Waals surface area contributed by atoms with Crippen LogP contribution < -0.4 is 5.32 Å². The molecule has 0 saturated carbocycles. The van der Waals surface area contributed by atoms with Crippen LogP contribution in [0.15, 0.2) is 6.20 Å². The summed E-state index contributed by atoms with van der Waals surface area (Å²) in [4.78, 5) is 5.74. The lowest BCUT2D eigenvalue weighted by molar-refractivity contribution is 0.184. The Morgan fingerprint density at radius 2 is 2.27 bits per heavy atom. The molecule has 0 aromatic carbocycles. The first-order valence-electron chi connectivity index (χ1n) is 5.37. The number of ether oxygens (including phenoxy) is 1. The SMILES string of the molecule is CCNC(C)c1cnc(C(C)COC)s1. The van der Waals surface area contributed by atoms with Crippen molar-refractivity contribution in [3.05, 3.63) is 16.1 Å². The molecule has 0 amide bonds. The van der Waals surface area contributed by atoms with E-state index in [-0.39, 0.29) is 0 Å². The molecule has 2 unspecified atom stereocenters. The minimum absolute atomic E-state index is 0.391. The molecule has 0 saturated heterocycles. The molecule has 0 aliphatic carbocycles. The van der Waals surface area contributed by atoms with Crippen LogP contribution in [-0.4, -0.2) is 25.2 Å². The van der Waals surface area contributed by atoms with Gasteiger partial charge < -0.3 is 10.1 Å². The van der Waals surface area contributed by atoms with Gasteiger partial charge in [-0.3, -0.25) is 0 Å². The van der Waals surface area contributed by atoms with Gasteiger partial charge in [-0.2, -0.15) is 0 Å². The van der Waals surface area contributed by atoms with Crippen LogP contribution in [0.3, 0.4) is 0 Å². The van der Waals surface area contributed by atoms with Crippen LogP contribution in [0.1, 0.15) is 42.6 Å². The van der Waals surface area contributed by atoms with E-state index in [1.165, 1.54) is 4.88 Å². The van der Waals surface area contributed by atoms with Gasteiger partial charge in [0.25, 0.3) is 0 Å². The van der Waals surface area contributed by atoms with Crippen molar-refractivity contribution in [3.8, 4) is 0 Å². The maximum atomic E-state index is 5.13. The summed E-state index contributed by atoms with van der Waals surface area (Å²) in [6.45, 7) is 8.16. The third kappa shape index (κ3) is 3.55. The van der Waals surface area contributed by atoms with Crippen molar-refractivity contribution in [2.45, 2.75) is 32.7 Å². The van der Waals surface area contributed by atoms with Crippen molar-refractivity contribution < 1.29 is 4.74 Å². The van der Waals surface area contributed by atoms with Gasteiger partial charge in [0.15, 0.2) is 0 Å². The molecule has 4 heteroatoms. The van der Waals surface area contributed by atoms with Crippen molar-refractivity contribution in [2.24, 2.45) is 0 Å². The molecule has 0 fully saturated rings. The molecule has 15 heavy (non-hydrogen) atoms. The summed E-state index contributed by atoms with van der Waals surface area (Å²) in [5, 5.41) is 4.55. The number of hydrogen-bond donors (Lipinski definition) is 1. The summed E-state index contributed by atoms with van der Waals surface area (Å²) in [5.41, 5.74) is 0. The average molecular weight is 228 g/mol. The molecule has 1 N–H and O–H groups in total. The molecule has 3 nitrogen and oxygen atoms in total. The van der Waals surface area contributed by atoms with Gasteiger partial charge in [0.1, 0.15) is 0 Å². The maximum absolute atomic E-state index is 5.13. The number of aromatic nitrogens is 1. The summed E-state index contributed by atoms with van der Waals surface area (Å²) in [5.74, 6) is 0.391. The lowest BCUT2D eigenvalue weighted by Gasteiger charge is -2.09. The van der Waals surface area contributed by atoms with E-state index >= 15 is 0 Å². The third-order valence-corrected chi connectivity index (χ3v) is 3.73. The minimum Gasteiger partial charge on any atom is -0.384 e. The number of methoxy groups -OCH3 is 1. The highest BCUT2D eigenvalue weighted by Gasteiger charge is 2.13. The molecule has 0 spiro atoms. The second-order valence-corrected chi connectivity index (χ2v) is 4.83. The first-order valence-corrected chi connectivity index (χ1v) is 6.18. The molecule has 1 rings (SSSR count). The summed E-state index contributed by atoms with van der Waals surface area (Å²) >= 11 is 1.78. The van der Waals surface area contributed by atoms with Gasteiger partial charge >= 0.3 is 0 Å². The number of nitrogens with one attached hydrogen (secondary N) is 1. The maximum Gasteiger partial charge on any atom is 0.0979 e. The van der Waals surface area contributed by atoms with Crippen LogP contribution in [0.2, 0.25) is 0 Å². The molecule has 1 aromatic heterocycles. The number of nitrogens with zero attached hydrogens (tertiary/aromatic N) is 1. The fourth-order valence-corrected chi connectivity index (χ4v) is 2.44. The average Bonchev–Trinajstić information content (AvgIpc) is 2.67. The van der Waals surface area contributed by atoms with Crippen LogP contribution in [0.4, 0.5) is 0 Å². The fourth-order valence-electron chi connectivity index (χ4n) is 1.46. The Balaban J connectivity index is 2.62. The predicted molar refractivity (Wildman–Crippen MR) is 64.5 cm³/mol. The van der Waals surface area contributed by atoms with E-state index < -0.39 is 0 Å². The standard InChI is InChI=1S/C11H20N2OS/c1-5-12-9(3)10-6-13-11(15-10)8(2)7-14-4/h6,8-9,12H,5,7H2,1-4H3. The lowest BCUT2D eigenvalue weighted by atomic mass is 10.2. The van der Waals surface area contributed by atoms with Crippen molar-refractivity contribution >= 4 is 11.3 Å². The highest BCUT2D eigenvalue weighted by molar-refractivity contribution is 7.11. The molecule has 2 atom stereocenters. The van der Waals surface area contributed by atoms with Gasteiger partial charge in [0.2, 0.25) is 0 Å². The van der Waals surface area contributed by atoms with E-state index in [0.29, 0.717) is 12.0 Å². The lowest BCUT2D eigenvalue weighted by Crippen LogP contribution is -2.16. The Labute approximate surface area is 95.9 Å². The summed E-state index contributed by atoms with van der Waals surface area (Å²) < 4.78 is 5.13. The third-order valence-electron chi connectivity index (χ3n) is 2.32. The van der Waals surface area contributed by atoms with Gasteiger partial charge in [-0.05, 0) is 13.5 Å².